The van der Waals surface area contributed by atoms with Crippen molar-refractivity contribution in [3.8, 4) is 5.75 Å². The summed E-state index contributed by atoms with van der Waals surface area (Å²) in [5.74, 6) is -1.54. The van der Waals surface area contributed by atoms with E-state index in [1.165, 1.54) is 6.07 Å². The minimum absolute atomic E-state index is 0.0583. The van der Waals surface area contributed by atoms with E-state index in [1.807, 2.05) is 13.8 Å². The summed E-state index contributed by atoms with van der Waals surface area (Å²) in [4.78, 5) is 10.8. The summed E-state index contributed by atoms with van der Waals surface area (Å²) in [5.41, 5.74) is 2.35. The molecule has 14 heavy (non-hydrogen) atoms. The van der Waals surface area contributed by atoms with Crippen LogP contribution in [0.1, 0.15) is 29.5 Å². The topological polar surface area (TPSA) is 57.5 Å². The van der Waals surface area contributed by atoms with Crippen molar-refractivity contribution in [3.63, 3.8) is 0 Å². The Bertz CT molecular complexity index is 369. The molecular formula is C11H14O3. The zero-order valence-electron chi connectivity index (χ0n) is 8.53. The summed E-state index contributed by atoms with van der Waals surface area (Å²) in [6.45, 7) is 5.29. The first-order valence-electron chi connectivity index (χ1n) is 4.47. The zero-order valence-corrected chi connectivity index (χ0v) is 8.53. The van der Waals surface area contributed by atoms with Gasteiger partial charge in [-0.2, -0.15) is 0 Å². The van der Waals surface area contributed by atoms with Crippen molar-refractivity contribution in [1.82, 2.24) is 0 Å². The second kappa shape index (κ2) is 3.70. The molecule has 0 spiro atoms. The van der Waals surface area contributed by atoms with Crippen molar-refractivity contribution in [2.45, 2.75) is 26.7 Å². The maximum Gasteiger partial charge on any atom is 0.310 e. The Balaban J connectivity index is 3.32. The summed E-state index contributed by atoms with van der Waals surface area (Å²) < 4.78 is 0. The highest BCUT2D eigenvalue weighted by Gasteiger charge is 2.20. The van der Waals surface area contributed by atoms with Crippen LogP contribution < -0.4 is 0 Å². The molecule has 76 valence electrons. The zero-order chi connectivity index (χ0) is 10.9. The Morgan fingerprint density at radius 2 is 1.93 bits per heavy atom. The molecule has 0 aliphatic rings. The van der Waals surface area contributed by atoms with Crippen molar-refractivity contribution in [2.24, 2.45) is 0 Å². The van der Waals surface area contributed by atoms with Crippen molar-refractivity contribution in [3.05, 3.63) is 28.8 Å². The van der Waals surface area contributed by atoms with E-state index in [9.17, 15) is 9.90 Å². The highest BCUT2D eigenvalue weighted by Crippen LogP contribution is 2.30. The van der Waals surface area contributed by atoms with Crippen LogP contribution in [0, 0.1) is 13.8 Å². The van der Waals surface area contributed by atoms with Crippen LogP contribution in [-0.4, -0.2) is 16.2 Å². The van der Waals surface area contributed by atoms with Gasteiger partial charge in [-0.15, -0.1) is 0 Å². The summed E-state index contributed by atoms with van der Waals surface area (Å²) in [7, 11) is 0. The van der Waals surface area contributed by atoms with Crippen molar-refractivity contribution in [2.75, 3.05) is 0 Å². The number of phenols is 1. The van der Waals surface area contributed by atoms with E-state index >= 15 is 0 Å². The summed E-state index contributed by atoms with van der Waals surface area (Å²) >= 11 is 0. The van der Waals surface area contributed by atoms with Gasteiger partial charge >= 0.3 is 5.97 Å². The third-order valence-corrected chi connectivity index (χ3v) is 2.57. The SMILES string of the molecule is Cc1ccc(O)c(C(C)C(=O)O)c1C. The summed E-state index contributed by atoms with van der Waals surface area (Å²) in [5, 5.41) is 18.4. The van der Waals surface area contributed by atoms with Gasteiger partial charge in [-0.1, -0.05) is 6.07 Å². The van der Waals surface area contributed by atoms with E-state index in [-0.39, 0.29) is 5.75 Å². The van der Waals surface area contributed by atoms with Crippen LogP contribution in [0.5, 0.6) is 5.75 Å². The van der Waals surface area contributed by atoms with E-state index in [0.717, 1.165) is 11.1 Å². The first-order valence-corrected chi connectivity index (χ1v) is 4.47. The van der Waals surface area contributed by atoms with Crippen LogP contribution in [0.25, 0.3) is 0 Å². The molecule has 0 saturated carbocycles. The minimum atomic E-state index is -0.922. The van der Waals surface area contributed by atoms with Crippen molar-refractivity contribution >= 4 is 5.97 Å². The largest absolute Gasteiger partial charge is 0.508 e. The molecule has 0 saturated heterocycles. The third-order valence-electron chi connectivity index (χ3n) is 2.57. The number of carboxylic acid groups (broad SMARTS) is 1. The number of benzene rings is 1. The maximum absolute atomic E-state index is 10.8. The molecule has 1 aromatic rings. The lowest BCUT2D eigenvalue weighted by atomic mass is 9.93. The number of aryl methyl sites for hydroxylation is 1. The Morgan fingerprint density at radius 1 is 1.36 bits per heavy atom. The first kappa shape index (κ1) is 10.6. The molecule has 0 heterocycles. The molecule has 2 N–H and O–H groups in total. The lowest BCUT2D eigenvalue weighted by Gasteiger charge is -2.14. The van der Waals surface area contributed by atoms with Gasteiger partial charge in [0.2, 0.25) is 0 Å². The smallest absolute Gasteiger partial charge is 0.310 e. The Kier molecular flexibility index (Phi) is 2.79. The normalized spacial score (nSPS) is 12.5. The average Bonchev–Trinajstić information content (AvgIpc) is 2.12. The molecule has 3 nitrogen and oxygen atoms in total. The Morgan fingerprint density at radius 3 is 2.43 bits per heavy atom. The molecule has 0 aromatic heterocycles. The van der Waals surface area contributed by atoms with E-state index in [1.54, 1.807) is 13.0 Å². The van der Waals surface area contributed by atoms with Crippen LogP contribution >= 0.6 is 0 Å². The lowest BCUT2D eigenvalue weighted by Crippen LogP contribution is -2.09. The van der Waals surface area contributed by atoms with E-state index < -0.39 is 11.9 Å². The molecular weight excluding hydrogens is 180 g/mol. The third kappa shape index (κ3) is 1.71. The highest BCUT2D eigenvalue weighted by molar-refractivity contribution is 5.77. The molecule has 0 radical (unpaired) electrons. The van der Waals surface area contributed by atoms with Crippen LogP contribution in [0.2, 0.25) is 0 Å². The summed E-state index contributed by atoms with van der Waals surface area (Å²) in [6.07, 6.45) is 0. The molecule has 1 atom stereocenters. The molecule has 0 aliphatic carbocycles. The number of rotatable bonds is 2. The Hall–Kier alpha value is -1.51. The molecule has 1 aromatic carbocycles. The number of aliphatic carboxylic acids is 1. The molecule has 1 rings (SSSR count). The number of hydrogen-bond donors (Lipinski definition) is 2. The van der Waals surface area contributed by atoms with Gasteiger partial charge in [-0.25, -0.2) is 0 Å². The molecule has 0 aliphatic heterocycles. The number of carbonyl (C=O) groups is 1. The van der Waals surface area contributed by atoms with Gasteiger partial charge in [0.1, 0.15) is 5.75 Å². The number of aromatic hydroxyl groups is 1. The van der Waals surface area contributed by atoms with Crippen LogP contribution in [0.4, 0.5) is 0 Å². The van der Waals surface area contributed by atoms with Gasteiger partial charge in [-0.3, -0.25) is 4.79 Å². The second-order valence-electron chi connectivity index (χ2n) is 3.50. The minimum Gasteiger partial charge on any atom is -0.508 e. The number of hydrogen-bond acceptors (Lipinski definition) is 2. The average molecular weight is 194 g/mol. The van der Waals surface area contributed by atoms with Gasteiger partial charge < -0.3 is 10.2 Å². The van der Waals surface area contributed by atoms with Gasteiger partial charge in [0.05, 0.1) is 5.92 Å². The number of phenolic OH excluding ortho intramolecular Hbond substituents is 1. The lowest BCUT2D eigenvalue weighted by molar-refractivity contribution is -0.138. The Labute approximate surface area is 83.0 Å². The predicted molar refractivity (Wildman–Crippen MR) is 53.6 cm³/mol. The van der Waals surface area contributed by atoms with Crippen LogP contribution in [0.15, 0.2) is 12.1 Å². The van der Waals surface area contributed by atoms with Gasteiger partial charge in [0, 0.05) is 5.56 Å². The standard InChI is InChI=1S/C11H14O3/c1-6-4-5-9(12)10(7(6)2)8(3)11(13)14/h4-5,8,12H,1-3H3,(H,13,14). The monoisotopic (exact) mass is 194 g/mol. The van der Waals surface area contributed by atoms with E-state index in [0.29, 0.717) is 5.56 Å². The van der Waals surface area contributed by atoms with E-state index in [2.05, 4.69) is 0 Å². The molecule has 3 heteroatoms. The van der Waals surface area contributed by atoms with Gasteiger partial charge in [0.15, 0.2) is 0 Å². The van der Waals surface area contributed by atoms with Gasteiger partial charge in [-0.05, 0) is 38.0 Å². The van der Waals surface area contributed by atoms with E-state index in [4.69, 9.17) is 5.11 Å². The van der Waals surface area contributed by atoms with Crippen LogP contribution in [-0.2, 0) is 4.79 Å². The first-order chi connectivity index (χ1) is 6.45. The molecule has 0 amide bonds. The fourth-order valence-corrected chi connectivity index (χ4v) is 1.49. The van der Waals surface area contributed by atoms with Crippen LogP contribution in [0.3, 0.4) is 0 Å². The molecule has 0 bridgehead atoms. The molecule has 1 unspecified atom stereocenters. The highest BCUT2D eigenvalue weighted by atomic mass is 16.4. The fourth-order valence-electron chi connectivity index (χ4n) is 1.49. The maximum atomic E-state index is 10.8. The predicted octanol–water partition coefficient (Wildman–Crippen LogP) is 2.20. The quantitative estimate of drug-likeness (QED) is 0.758. The second-order valence-corrected chi connectivity index (χ2v) is 3.50. The number of carboxylic acids is 1. The van der Waals surface area contributed by atoms with Crippen molar-refractivity contribution in [1.29, 1.82) is 0 Å². The fraction of sp³-hybridized carbons (Fsp3) is 0.364. The van der Waals surface area contributed by atoms with Gasteiger partial charge in [0.25, 0.3) is 0 Å². The summed E-state index contributed by atoms with van der Waals surface area (Å²) in [6, 6.07) is 3.32. The molecule has 0 fully saturated rings. The van der Waals surface area contributed by atoms with Crippen molar-refractivity contribution < 1.29 is 15.0 Å².